The van der Waals surface area contributed by atoms with E-state index in [1.54, 1.807) is 53.2 Å². The Hall–Kier alpha value is -2.31. The lowest BCUT2D eigenvalue weighted by Crippen LogP contribution is -2.02. The first-order chi connectivity index (χ1) is 14.2. The van der Waals surface area contributed by atoms with E-state index in [4.69, 9.17) is 39.9 Å². The minimum absolute atomic E-state index is 0.238. The number of rotatable bonds is 4. The van der Waals surface area contributed by atoms with Gasteiger partial charge in [-0.3, -0.25) is 0 Å². The average Bonchev–Trinajstić information content (AvgIpc) is 3.13. The van der Waals surface area contributed by atoms with E-state index < -0.39 is 9.84 Å². The molecule has 0 aliphatic carbocycles. The predicted molar refractivity (Wildman–Crippen MR) is 123 cm³/mol. The zero-order valence-electron chi connectivity index (χ0n) is 15.7. The van der Waals surface area contributed by atoms with Gasteiger partial charge in [0.2, 0.25) is 0 Å². The maximum absolute atomic E-state index is 11.8. The molecule has 0 atom stereocenters. The van der Waals surface area contributed by atoms with Gasteiger partial charge in [-0.1, -0.05) is 46.9 Å². The van der Waals surface area contributed by atoms with Crippen molar-refractivity contribution in [3.8, 4) is 28.2 Å². The van der Waals surface area contributed by atoms with Gasteiger partial charge in [0.25, 0.3) is 0 Å². The number of hydrogen-bond donors (Lipinski definition) is 0. The Balaban J connectivity index is 1.90. The third-order valence-corrected chi connectivity index (χ3v) is 6.49. The molecule has 0 bridgehead atoms. The Morgan fingerprint density at radius 2 is 1.43 bits per heavy atom. The van der Waals surface area contributed by atoms with E-state index in [-0.39, 0.29) is 4.90 Å². The second-order valence-corrected chi connectivity index (χ2v) is 10.0. The molecule has 0 unspecified atom stereocenters. The second-order valence-electron chi connectivity index (χ2n) is 6.72. The van der Waals surface area contributed by atoms with Gasteiger partial charge in [0.1, 0.15) is 0 Å². The van der Waals surface area contributed by atoms with Crippen LogP contribution in [0.15, 0.2) is 77.7 Å². The molecule has 0 spiro atoms. The summed E-state index contributed by atoms with van der Waals surface area (Å²) in [6, 6.07) is 21.1. The van der Waals surface area contributed by atoms with Gasteiger partial charge in [0, 0.05) is 27.4 Å². The normalized spacial score (nSPS) is 11.6. The molecule has 3 aromatic carbocycles. The number of sulfone groups is 1. The van der Waals surface area contributed by atoms with Crippen LogP contribution in [-0.2, 0) is 9.84 Å². The van der Waals surface area contributed by atoms with Crippen LogP contribution in [0.4, 0.5) is 0 Å². The minimum Gasteiger partial charge on any atom is -0.232 e. The second kappa shape index (κ2) is 8.08. The third kappa shape index (κ3) is 4.25. The Morgan fingerprint density at radius 3 is 2.03 bits per heavy atom. The largest absolute Gasteiger partial charge is 0.232 e. The van der Waals surface area contributed by atoms with E-state index in [2.05, 4.69) is 0 Å². The highest BCUT2D eigenvalue weighted by Crippen LogP contribution is 2.35. The van der Waals surface area contributed by atoms with Gasteiger partial charge in [0.15, 0.2) is 9.84 Å². The molecular formula is C22H15Cl3N2O2S. The summed E-state index contributed by atoms with van der Waals surface area (Å²) in [7, 11) is -3.30. The summed E-state index contributed by atoms with van der Waals surface area (Å²) in [6.45, 7) is 0. The lowest BCUT2D eigenvalue weighted by molar-refractivity contribution is 0.602. The molecule has 4 aromatic rings. The van der Waals surface area contributed by atoms with Crippen LogP contribution in [-0.4, -0.2) is 24.5 Å². The van der Waals surface area contributed by atoms with E-state index in [0.717, 1.165) is 22.5 Å². The first kappa shape index (κ1) is 20.9. The van der Waals surface area contributed by atoms with Crippen molar-refractivity contribution in [1.29, 1.82) is 0 Å². The van der Waals surface area contributed by atoms with Crippen LogP contribution in [0.2, 0.25) is 15.1 Å². The van der Waals surface area contributed by atoms with Crippen molar-refractivity contribution in [2.45, 2.75) is 4.90 Å². The van der Waals surface area contributed by atoms with Crippen LogP contribution in [0, 0.1) is 0 Å². The maximum Gasteiger partial charge on any atom is 0.175 e. The molecule has 0 amide bonds. The van der Waals surface area contributed by atoms with Gasteiger partial charge in [-0.05, 0) is 60.7 Å². The lowest BCUT2D eigenvalue weighted by Gasteiger charge is -2.10. The molecule has 152 valence electrons. The molecule has 0 aliphatic rings. The fourth-order valence-corrected chi connectivity index (χ4v) is 4.32. The average molecular weight is 478 g/mol. The summed E-state index contributed by atoms with van der Waals surface area (Å²) < 4.78 is 25.3. The first-order valence-corrected chi connectivity index (χ1v) is 11.9. The summed E-state index contributed by atoms with van der Waals surface area (Å²) in [5, 5.41) is 6.40. The van der Waals surface area contributed by atoms with Crippen molar-refractivity contribution in [2.24, 2.45) is 0 Å². The molecular weight excluding hydrogens is 463 g/mol. The smallest absolute Gasteiger partial charge is 0.175 e. The Labute approximate surface area is 189 Å². The van der Waals surface area contributed by atoms with E-state index >= 15 is 0 Å². The van der Waals surface area contributed by atoms with E-state index in [9.17, 15) is 8.42 Å². The minimum atomic E-state index is -3.30. The van der Waals surface area contributed by atoms with Crippen molar-refractivity contribution in [3.63, 3.8) is 0 Å². The van der Waals surface area contributed by atoms with Gasteiger partial charge in [0.05, 0.1) is 27.0 Å². The van der Waals surface area contributed by atoms with Gasteiger partial charge >= 0.3 is 0 Å². The number of nitrogens with zero attached hydrogens (tertiary/aromatic N) is 2. The maximum atomic E-state index is 11.8. The molecule has 1 aromatic heterocycles. The standard InChI is InChI=1S/C22H15Cl3N2O2S/c1-30(28,29)18-9-7-17(8-10-18)27-22(19-11-6-16(24)12-20(19)25)13-21(26-27)14-2-4-15(23)5-3-14/h2-13H,1H3. The summed E-state index contributed by atoms with van der Waals surface area (Å²) in [6.07, 6.45) is 1.17. The number of hydrogen-bond acceptors (Lipinski definition) is 3. The van der Waals surface area contributed by atoms with Crippen LogP contribution in [0.1, 0.15) is 0 Å². The molecule has 4 rings (SSSR count). The zero-order valence-corrected chi connectivity index (χ0v) is 18.8. The highest BCUT2D eigenvalue weighted by Gasteiger charge is 2.16. The van der Waals surface area contributed by atoms with Crippen LogP contribution in [0.5, 0.6) is 0 Å². The summed E-state index contributed by atoms with van der Waals surface area (Å²) in [4.78, 5) is 0.238. The van der Waals surface area contributed by atoms with E-state index in [1.807, 2.05) is 24.3 Å². The topological polar surface area (TPSA) is 52.0 Å². The molecule has 0 fully saturated rings. The Bertz CT molecular complexity index is 1330. The van der Waals surface area contributed by atoms with Gasteiger partial charge in [-0.15, -0.1) is 0 Å². The van der Waals surface area contributed by atoms with Crippen molar-refractivity contribution in [2.75, 3.05) is 6.26 Å². The monoisotopic (exact) mass is 476 g/mol. The fourth-order valence-electron chi connectivity index (χ4n) is 3.06. The number of halogens is 3. The molecule has 0 radical (unpaired) electrons. The van der Waals surface area contributed by atoms with Crippen LogP contribution in [0.3, 0.4) is 0 Å². The quantitative estimate of drug-likeness (QED) is 0.334. The molecule has 0 aliphatic heterocycles. The molecule has 30 heavy (non-hydrogen) atoms. The molecule has 4 nitrogen and oxygen atoms in total. The van der Waals surface area contributed by atoms with Crippen molar-refractivity contribution >= 4 is 44.6 Å². The van der Waals surface area contributed by atoms with E-state index in [1.165, 1.54) is 6.26 Å². The SMILES string of the molecule is CS(=O)(=O)c1ccc(-n2nc(-c3ccc(Cl)cc3)cc2-c2ccc(Cl)cc2Cl)cc1. The van der Waals surface area contributed by atoms with Crippen LogP contribution in [0.25, 0.3) is 28.2 Å². The molecule has 0 saturated carbocycles. The Morgan fingerprint density at radius 1 is 0.800 bits per heavy atom. The van der Waals surface area contributed by atoms with Crippen LogP contribution < -0.4 is 0 Å². The fraction of sp³-hybridized carbons (Fsp3) is 0.0455. The van der Waals surface area contributed by atoms with Crippen LogP contribution >= 0.6 is 34.8 Å². The van der Waals surface area contributed by atoms with Crippen molar-refractivity contribution in [3.05, 3.63) is 87.9 Å². The van der Waals surface area contributed by atoms with Gasteiger partial charge in [-0.2, -0.15) is 5.10 Å². The number of benzene rings is 3. The lowest BCUT2D eigenvalue weighted by atomic mass is 10.1. The molecule has 0 saturated heterocycles. The van der Waals surface area contributed by atoms with Gasteiger partial charge < -0.3 is 0 Å². The summed E-state index contributed by atoms with van der Waals surface area (Å²) >= 11 is 18.5. The van der Waals surface area contributed by atoms with E-state index in [0.29, 0.717) is 20.8 Å². The highest BCUT2D eigenvalue weighted by molar-refractivity contribution is 7.90. The molecule has 0 N–H and O–H groups in total. The zero-order chi connectivity index (χ0) is 21.5. The third-order valence-electron chi connectivity index (χ3n) is 4.57. The van der Waals surface area contributed by atoms with Crippen molar-refractivity contribution in [1.82, 2.24) is 9.78 Å². The molecule has 8 heteroatoms. The predicted octanol–water partition coefficient (Wildman–Crippen LogP) is 6.57. The molecule has 1 heterocycles. The Kier molecular flexibility index (Phi) is 5.64. The highest BCUT2D eigenvalue weighted by atomic mass is 35.5. The summed E-state index contributed by atoms with van der Waals surface area (Å²) in [5.74, 6) is 0. The van der Waals surface area contributed by atoms with Gasteiger partial charge in [-0.25, -0.2) is 13.1 Å². The first-order valence-electron chi connectivity index (χ1n) is 8.84. The van der Waals surface area contributed by atoms with Crippen molar-refractivity contribution < 1.29 is 8.42 Å². The summed E-state index contributed by atoms with van der Waals surface area (Å²) in [5.41, 5.74) is 3.80. The number of aromatic nitrogens is 2.